The zero-order chi connectivity index (χ0) is 16.7. The van der Waals surface area contributed by atoms with Crippen LogP contribution in [0.15, 0.2) is 24.3 Å². The predicted molar refractivity (Wildman–Crippen MR) is 78.6 cm³/mol. The Bertz CT molecular complexity index is 621. The van der Waals surface area contributed by atoms with Crippen molar-refractivity contribution in [2.24, 2.45) is 0 Å². The summed E-state index contributed by atoms with van der Waals surface area (Å²) in [6.07, 6.45) is -1.06. The maximum Gasteiger partial charge on any atom is 0.329 e. The van der Waals surface area contributed by atoms with Gasteiger partial charge < -0.3 is 15.4 Å². The second kappa shape index (κ2) is 7.78. The number of nitrogens with one attached hydrogen (secondary N) is 2. The van der Waals surface area contributed by atoms with E-state index in [0.29, 0.717) is 11.3 Å². The fourth-order valence-electron chi connectivity index (χ4n) is 1.62. The molecule has 0 fully saturated rings. The molecular formula is C15H17N3O4. The van der Waals surface area contributed by atoms with Gasteiger partial charge in [-0.2, -0.15) is 5.26 Å². The first-order valence-electron chi connectivity index (χ1n) is 6.62. The van der Waals surface area contributed by atoms with E-state index in [4.69, 9.17) is 10.00 Å². The predicted octanol–water partition coefficient (Wildman–Crippen LogP) is 0.953. The van der Waals surface area contributed by atoms with Crippen LogP contribution < -0.4 is 10.6 Å². The Morgan fingerprint density at radius 2 is 1.86 bits per heavy atom. The Kier molecular flexibility index (Phi) is 6.08. The van der Waals surface area contributed by atoms with Crippen LogP contribution in [-0.2, 0) is 19.1 Å². The molecule has 0 radical (unpaired) electrons. The molecule has 7 nitrogen and oxygen atoms in total. The summed E-state index contributed by atoms with van der Waals surface area (Å²) in [5.41, 5.74) is 0.647. The molecule has 7 heteroatoms. The Morgan fingerprint density at radius 3 is 2.45 bits per heavy atom. The number of anilines is 1. The number of ether oxygens (including phenoxy) is 1. The highest BCUT2D eigenvalue weighted by Crippen LogP contribution is 2.14. The maximum absolute atomic E-state index is 12.0. The third kappa shape index (κ3) is 4.90. The zero-order valence-corrected chi connectivity index (χ0v) is 12.5. The lowest BCUT2D eigenvalue weighted by Gasteiger charge is -2.17. The van der Waals surface area contributed by atoms with E-state index in [1.54, 1.807) is 24.3 Å². The van der Waals surface area contributed by atoms with Crippen LogP contribution in [0.4, 0.5) is 5.69 Å². The number of hydrogen-bond donors (Lipinski definition) is 2. The molecule has 0 saturated heterocycles. The summed E-state index contributed by atoms with van der Waals surface area (Å²) in [5.74, 6) is -1.65. The van der Waals surface area contributed by atoms with Gasteiger partial charge in [-0.15, -0.1) is 0 Å². The van der Waals surface area contributed by atoms with Gasteiger partial charge in [0.2, 0.25) is 5.91 Å². The fraction of sp³-hybridized carbons (Fsp3) is 0.333. The molecule has 0 aliphatic heterocycles. The zero-order valence-electron chi connectivity index (χ0n) is 12.5. The lowest BCUT2D eigenvalue weighted by molar-refractivity contribution is -0.155. The largest absolute Gasteiger partial charge is 0.451 e. The van der Waals surface area contributed by atoms with Gasteiger partial charge in [0.15, 0.2) is 6.10 Å². The summed E-state index contributed by atoms with van der Waals surface area (Å²) >= 11 is 0. The number of nitrogens with zero attached hydrogens (tertiary/aromatic N) is 1. The lowest BCUT2D eigenvalue weighted by Crippen LogP contribution is -2.41. The standard InChI is InChI=1S/C15H17N3O4/c1-9(17-11(3)19)15(21)22-10(2)14(20)18-13-7-5-4-6-12(13)8-16/h4-7,9-10H,1-3H3,(H,17,19)(H,18,20). The van der Waals surface area contributed by atoms with Crippen molar-refractivity contribution < 1.29 is 19.1 Å². The molecule has 0 aliphatic rings. The van der Waals surface area contributed by atoms with Gasteiger partial charge >= 0.3 is 5.97 Å². The Hall–Kier alpha value is -2.88. The third-order valence-corrected chi connectivity index (χ3v) is 2.74. The van der Waals surface area contributed by atoms with Gasteiger partial charge in [-0.3, -0.25) is 9.59 Å². The lowest BCUT2D eigenvalue weighted by atomic mass is 10.2. The molecule has 2 N–H and O–H groups in total. The van der Waals surface area contributed by atoms with Crippen LogP contribution in [0.1, 0.15) is 26.3 Å². The third-order valence-electron chi connectivity index (χ3n) is 2.74. The fourth-order valence-corrected chi connectivity index (χ4v) is 1.62. The molecule has 1 rings (SSSR count). The average molecular weight is 303 g/mol. The molecule has 1 aromatic carbocycles. The van der Waals surface area contributed by atoms with Gasteiger partial charge in [-0.25, -0.2) is 4.79 Å². The van der Waals surface area contributed by atoms with Gasteiger partial charge in [0.1, 0.15) is 12.1 Å². The van der Waals surface area contributed by atoms with E-state index < -0.39 is 24.0 Å². The number of esters is 1. The number of rotatable bonds is 5. The Morgan fingerprint density at radius 1 is 1.23 bits per heavy atom. The molecule has 0 aliphatic carbocycles. The molecule has 116 valence electrons. The molecular weight excluding hydrogens is 286 g/mol. The van der Waals surface area contributed by atoms with Crippen LogP contribution in [0.25, 0.3) is 0 Å². The summed E-state index contributed by atoms with van der Waals surface area (Å²) in [4.78, 5) is 34.5. The monoisotopic (exact) mass is 303 g/mol. The molecule has 0 heterocycles. The van der Waals surface area contributed by atoms with Gasteiger partial charge in [0.25, 0.3) is 5.91 Å². The van der Waals surface area contributed by atoms with E-state index in [-0.39, 0.29) is 5.91 Å². The Balaban J connectivity index is 2.64. The van der Waals surface area contributed by atoms with Crippen LogP contribution in [0.5, 0.6) is 0 Å². The molecule has 0 aromatic heterocycles. The molecule has 0 bridgehead atoms. The number of carbonyl (C=O) groups is 3. The average Bonchev–Trinajstić information content (AvgIpc) is 2.46. The van der Waals surface area contributed by atoms with Gasteiger partial charge in [0, 0.05) is 6.92 Å². The first kappa shape index (κ1) is 17.2. The van der Waals surface area contributed by atoms with Crippen LogP contribution in [0.3, 0.4) is 0 Å². The highest BCUT2D eigenvalue weighted by atomic mass is 16.5. The van der Waals surface area contributed by atoms with Crippen molar-refractivity contribution in [1.29, 1.82) is 5.26 Å². The van der Waals surface area contributed by atoms with Crippen molar-refractivity contribution in [3.8, 4) is 6.07 Å². The van der Waals surface area contributed by atoms with Crippen molar-refractivity contribution >= 4 is 23.5 Å². The smallest absolute Gasteiger partial charge is 0.329 e. The molecule has 22 heavy (non-hydrogen) atoms. The van der Waals surface area contributed by atoms with E-state index in [0.717, 1.165) is 0 Å². The number of hydrogen-bond acceptors (Lipinski definition) is 5. The number of amides is 2. The number of benzene rings is 1. The maximum atomic E-state index is 12.0. The molecule has 2 atom stereocenters. The van der Waals surface area contributed by atoms with Crippen molar-refractivity contribution in [2.45, 2.75) is 32.9 Å². The summed E-state index contributed by atoms with van der Waals surface area (Å²) < 4.78 is 4.97. The van der Waals surface area contributed by atoms with E-state index in [2.05, 4.69) is 10.6 Å². The number of para-hydroxylation sites is 1. The summed E-state index contributed by atoms with van der Waals surface area (Å²) in [6.45, 7) is 4.14. The van der Waals surface area contributed by atoms with Gasteiger partial charge in [0.05, 0.1) is 11.3 Å². The van der Waals surface area contributed by atoms with E-state index in [9.17, 15) is 14.4 Å². The van der Waals surface area contributed by atoms with Crippen LogP contribution in [-0.4, -0.2) is 29.9 Å². The first-order valence-corrected chi connectivity index (χ1v) is 6.62. The number of nitriles is 1. The first-order chi connectivity index (χ1) is 10.3. The molecule has 0 spiro atoms. The summed E-state index contributed by atoms with van der Waals surface area (Å²) in [6, 6.07) is 7.58. The second-order valence-corrected chi connectivity index (χ2v) is 4.65. The van der Waals surface area contributed by atoms with Crippen molar-refractivity contribution in [1.82, 2.24) is 5.32 Å². The quantitative estimate of drug-likeness (QED) is 0.787. The topological polar surface area (TPSA) is 108 Å². The van der Waals surface area contributed by atoms with Crippen LogP contribution in [0.2, 0.25) is 0 Å². The summed E-state index contributed by atoms with van der Waals surface area (Å²) in [7, 11) is 0. The molecule has 2 unspecified atom stereocenters. The van der Waals surface area contributed by atoms with E-state index >= 15 is 0 Å². The minimum Gasteiger partial charge on any atom is -0.451 e. The van der Waals surface area contributed by atoms with Gasteiger partial charge in [-0.05, 0) is 26.0 Å². The highest BCUT2D eigenvalue weighted by molar-refractivity contribution is 5.96. The number of carbonyl (C=O) groups excluding carboxylic acids is 3. The van der Waals surface area contributed by atoms with Crippen molar-refractivity contribution in [2.75, 3.05) is 5.32 Å². The minimum atomic E-state index is -1.06. The molecule has 1 aromatic rings. The van der Waals surface area contributed by atoms with E-state index in [1.165, 1.54) is 20.8 Å². The second-order valence-electron chi connectivity index (χ2n) is 4.65. The highest BCUT2D eigenvalue weighted by Gasteiger charge is 2.22. The minimum absolute atomic E-state index is 0.306. The molecule has 2 amide bonds. The van der Waals surface area contributed by atoms with Crippen LogP contribution >= 0.6 is 0 Å². The molecule has 0 saturated carbocycles. The van der Waals surface area contributed by atoms with Crippen LogP contribution in [0, 0.1) is 11.3 Å². The summed E-state index contributed by atoms with van der Waals surface area (Å²) in [5, 5.41) is 13.8. The van der Waals surface area contributed by atoms with Crippen molar-refractivity contribution in [3.05, 3.63) is 29.8 Å². The Labute approximate surface area is 128 Å². The SMILES string of the molecule is CC(=O)NC(C)C(=O)OC(C)C(=O)Nc1ccccc1C#N. The normalized spacial score (nSPS) is 12.5. The van der Waals surface area contributed by atoms with Gasteiger partial charge in [-0.1, -0.05) is 12.1 Å². The van der Waals surface area contributed by atoms with E-state index in [1.807, 2.05) is 6.07 Å². The van der Waals surface area contributed by atoms with Crippen molar-refractivity contribution in [3.63, 3.8) is 0 Å².